The van der Waals surface area contributed by atoms with E-state index in [1.807, 2.05) is 6.92 Å². The fraction of sp³-hybridized carbons (Fsp3) is 1.00. The predicted molar refractivity (Wildman–Crippen MR) is 43.4 cm³/mol. The summed E-state index contributed by atoms with van der Waals surface area (Å²) in [7, 11) is 0. The van der Waals surface area contributed by atoms with E-state index in [0.717, 1.165) is 32.5 Å². The molecule has 0 atom stereocenters. The Hall–Kier alpha value is -0.120. The van der Waals surface area contributed by atoms with Gasteiger partial charge in [0, 0.05) is 19.7 Å². The van der Waals surface area contributed by atoms with Gasteiger partial charge in [-0.3, -0.25) is 4.90 Å². The lowest BCUT2D eigenvalue weighted by Crippen LogP contribution is -2.59. The number of likely N-dealkylation sites (tertiary alicyclic amines) is 1. The molecule has 0 aromatic heterocycles. The Bertz CT molecular complexity index is 117. The first kappa shape index (κ1) is 8.97. The smallest absolute Gasteiger partial charge is 0.0872 e. The van der Waals surface area contributed by atoms with Gasteiger partial charge in [-0.1, -0.05) is 0 Å². The first-order valence-electron chi connectivity index (χ1n) is 4.20. The van der Waals surface area contributed by atoms with Gasteiger partial charge in [0.15, 0.2) is 0 Å². The van der Waals surface area contributed by atoms with Gasteiger partial charge < -0.3 is 10.2 Å². The highest BCUT2D eigenvalue weighted by Gasteiger charge is 2.35. The quantitative estimate of drug-likeness (QED) is 0.559. The highest BCUT2D eigenvalue weighted by atomic mass is 16.3. The Balaban J connectivity index is 1.96. The summed E-state index contributed by atoms with van der Waals surface area (Å²) in [5.41, 5.74) is -0.445. The number of unbranched alkanes of at least 4 members (excludes halogenated alkanes) is 1. The first-order valence-corrected chi connectivity index (χ1v) is 4.20. The third-order valence-electron chi connectivity index (χ3n) is 2.01. The number of β-amino-alcohol motifs (C(OH)–C–C–N with tert-alkyl or cyclic N) is 1. The molecule has 0 unspecified atom stereocenters. The zero-order valence-corrected chi connectivity index (χ0v) is 7.08. The average molecular weight is 159 g/mol. The van der Waals surface area contributed by atoms with Crippen molar-refractivity contribution >= 4 is 0 Å². The van der Waals surface area contributed by atoms with Crippen molar-refractivity contribution in [3.8, 4) is 0 Å². The standard InChI is InChI=1S/C8H17NO2/c1-8(11)6-9(7-8)4-2-3-5-10/h10-11H,2-7H2,1H3. The van der Waals surface area contributed by atoms with Gasteiger partial charge in [-0.2, -0.15) is 0 Å². The molecule has 0 spiro atoms. The molecule has 1 fully saturated rings. The molecule has 0 aromatic carbocycles. The van der Waals surface area contributed by atoms with Crippen molar-refractivity contribution in [3.63, 3.8) is 0 Å². The summed E-state index contributed by atoms with van der Waals surface area (Å²) in [6, 6.07) is 0. The number of rotatable bonds is 4. The summed E-state index contributed by atoms with van der Waals surface area (Å²) in [5.74, 6) is 0. The lowest BCUT2D eigenvalue weighted by atomic mass is 9.97. The minimum Gasteiger partial charge on any atom is -0.396 e. The molecule has 3 nitrogen and oxygen atoms in total. The minimum absolute atomic E-state index is 0.282. The summed E-state index contributed by atoms with van der Waals surface area (Å²) in [5, 5.41) is 17.9. The Morgan fingerprint density at radius 2 is 2.00 bits per heavy atom. The third-order valence-corrected chi connectivity index (χ3v) is 2.01. The van der Waals surface area contributed by atoms with Crippen LogP contribution in [0.25, 0.3) is 0 Å². The van der Waals surface area contributed by atoms with Crippen molar-refractivity contribution in [3.05, 3.63) is 0 Å². The molecular formula is C8H17NO2. The molecule has 0 amide bonds. The molecule has 0 bridgehead atoms. The van der Waals surface area contributed by atoms with E-state index in [9.17, 15) is 5.11 Å². The van der Waals surface area contributed by atoms with E-state index in [-0.39, 0.29) is 6.61 Å². The van der Waals surface area contributed by atoms with Crippen molar-refractivity contribution in [2.75, 3.05) is 26.2 Å². The van der Waals surface area contributed by atoms with Gasteiger partial charge >= 0.3 is 0 Å². The molecule has 0 radical (unpaired) electrons. The number of nitrogens with zero attached hydrogens (tertiary/aromatic N) is 1. The molecule has 0 aromatic rings. The second-order valence-corrected chi connectivity index (χ2v) is 3.64. The molecule has 66 valence electrons. The van der Waals surface area contributed by atoms with E-state index in [1.165, 1.54) is 0 Å². The predicted octanol–water partition coefficient (Wildman–Crippen LogP) is -0.174. The Morgan fingerprint density at radius 1 is 1.36 bits per heavy atom. The molecule has 1 aliphatic heterocycles. The number of hydrogen-bond acceptors (Lipinski definition) is 3. The lowest BCUT2D eigenvalue weighted by Gasteiger charge is -2.44. The van der Waals surface area contributed by atoms with Gasteiger partial charge in [-0.05, 0) is 26.3 Å². The monoisotopic (exact) mass is 159 g/mol. The zero-order valence-electron chi connectivity index (χ0n) is 7.08. The molecule has 1 heterocycles. The van der Waals surface area contributed by atoms with Crippen LogP contribution in [0.5, 0.6) is 0 Å². The van der Waals surface area contributed by atoms with E-state index in [0.29, 0.717) is 0 Å². The van der Waals surface area contributed by atoms with E-state index < -0.39 is 5.60 Å². The van der Waals surface area contributed by atoms with Crippen LogP contribution < -0.4 is 0 Å². The topological polar surface area (TPSA) is 43.7 Å². The van der Waals surface area contributed by atoms with Crippen molar-refractivity contribution in [1.82, 2.24) is 4.90 Å². The third kappa shape index (κ3) is 2.77. The molecular weight excluding hydrogens is 142 g/mol. The molecule has 1 saturated heterocycles. The van der Waals surface area contributed by atoms with Crippen LogP contribution in [-0.4, -0.2) is 47.0 Å². The van der Waals surface area contributed by atoms with Crippen LogP contribution in [0.2, 0.25) is 0 Å². The molecule has 11 heavy (non-hydrogen) atoms. The van der Waals surface area contributed by atoms with Gasteiger partial charge in [0.1, 0.15) is 0 Å². The van der Waals surface area contributed by atoms with Crippen LogP contribution in [0.4, 0.5) is 0 Å². The Labute approximate surface area is 67.6 Å². The maximum Gasteiger partial charge on any atom is 0.0872 e. The van der Waals surface area contributed by atoms with Crippen LogP contribution >= 0.6 is 0 Å². The molecule has 0 saturated carbocycles. The second kappa shape index (κ2) is 3.52. The normalized spacial score (nSPS) is 23.2. The van der Waals surface area contributed by atoms with Gasteiger partial charge in [0.25, 0.3) is 0 Å². The zero-order chi connectivity index (χ0) is 8.32. The van der Waals surface area contributed by atoms with Gasteiger partial charge in [0.05, 0.1) is 5.60 Å². The Kier molecular flexibility index (Phi) is 2.87. The molecule has 0 aliphatic carbocycles. The largest absolute Gasteiger partial charge is 0.396 e. The van der Waals surface area contributed by atoms with Crippen LogP contribution in [0.15, 0.2) is 0 Å². The summed E-state index contributed by atoms with van der Waals surface area (Å²) in [4.78, 5) is 2.20. The molecule has 2 N–H and O–H groups in total. The van der Waals surface area contributed by atoms with Crippen molar-refractivity contribution in [1.29, 1.82) is 0 Å². The average Bonchev–Trinajstić information content (AvgIpc) is 1.84. The van der Waals surface area contributed by atoms with E-state index in [2.05, 4.69) is 4.90 Å². The highest BCUT2D eigenvalue weighted by molar-refractivity contribution is 4.90. The fourth-order valence-electron chi connectivity index (χ4n) is 1.52. The first-order chi connectivity index (χ1) is 5.14. The summed E-state index contributed by atoms with van der Waals surface area (Å²) < 4.78 is 0. The highest BCUT2D eigenvalue weighted by Crippen LogP contribution is 2.19. The SMILES string of the molecule is CC1(O)CN(CCCCO)C1. The van der Waals surface area contributed by atoms with Crippen LogP contribution in [0.3, 0.4) is 0 Å². The maximum atomic E-state index is 9.35. The summed E-state index contributed by atoms with van der Waals surface area (Å²) in [6.07, 6.45) is 1.91. The van der Waals surface area contributed by atoms with Crippen molar-refractivity contribution < 1.29 is 10.2 Å². The minimum atomic E-state index is -0.445. The van der Waals surface area contributed by atoms with E-state index in [1.54, 1.807) is 0 Å². The van der Waals surface area contributed by atoms with Crippen LogP contribution in [0.1, 0.15) is 19.8 Å². The van der Waals surface area contributed by atoms with Gasteiger partial charge in [-0.15, -0.1) is 0 Å². The van der Waals surface area contributed by atoms with Crippen LogP contribution in [0, 0.1) is 0 Å². The van der Waals surface area contributed by atoms with Crippen molar-refractivity contribution in [2.45, 2.75) is 25.4 Å². The summed E-state index contributed by atoms with van der Waals surface area (Å²) >= 11 is 0. The van der Waals surface area contributed by atoms with Gasteiger partial charge in [-0.25, -0.2) is 0 Å². The fourth-order valence-corrected chi connectivity index (χ4v) is 1.52. The molecule has 1 aliphatic rings. The number of aliphatic hydroxyl groups excluding tert-OH is 1. The maximum absolute atomic E-state index is 9.35. The summed E-state index contributed by atoms with van der Waals surface area (Å²) in [6.45, 7) is 4.73. The van der Waals surface area contributed by atoms with Crippen molar-refractivity contribution in [2.24, 2.45) is 0 Å². The molecule has 3 heteroatoms. The van der Waals surface area contributed by atoms with Gasteiger partial charge in [0.2, 0.25) is 0 Å². The lowest BCUT2D eigenvalue weighted by molar-refractivity contribution is -0.0835. The second-order valence-electron chi connectivity index (χ2n) is 3.64. The van der Waals surface area contributed by atoms with Crippen LogP contribution in [-0.2, 0) is 0 Å². The molecule has 1 rings (SSSR count). The number of aliphatic hydroxyl groups is 2. The Morgan fingerprint density at radius 3 is 2.45 bits per heavy atom. The van der Waals surface area contributed by atoms with E-state index >= 15 is 0 Å². The van der Waals surface area contributed by atoms with E-state index in [4.69, 9.17) is 5.11 Å². The number of hydrogen-bond donors (Lipinski definition) is 2.